The maximum atomic E-state index is 13.1. The molecule has 1 aliphatic carbocycles. The number of amides is 1. The molecular weight excluding hydrogens is 456 g/mol. The van der Waals surface area contributed by atoms with Gasteiger partial charge in [-0.25, -0.2) is 0 Å². The van der Waals surface area contributed by atoms with Gasteiger partial charge < -0.3 is 25.3 Å². The van der Waals surface area contributed by atoms with Crippen LogP contribution in [0.1, 0.15) is 36.0 Å². The summed E-state index contributed by atoms with van der Waals surface area (Å²) >= 11 is 6.38. The van der Waals surface area contributed by atoms with Gasteiger partial charge in [-0.2, -0.15) is 5.10 Å². The fraction of sp³-hybridized carbons (Fsp3) is 0.360. The minimum absolute atomic E-state index is 0.152. The Balaban J connectivity index is 1.59. The van der Waals surface area contributed by atoms with Gasteiger partial charge in [-0.1, -0.05) is 11.6 Å². The van der Waals surface area contributed by atoms with E-state index in [0.29, 0.717) is 57.9 Å². The monoisotopic (exact) mass is 484 g/mol. The molecule has 0 atom stereocenters. The molecule has 1 heterocycles. The van der Waals surface area contributed by atoms with Crippen LogP contribution in [0.25, 0.3) is 11.3 Å². The number of halogens is 1. The second-order valence-electron chi connectivity index (χ2n) is 8.16. The lowest BCUT2D eigenvalue weighted by atomic mass is 10.1. The highest BCUT2D eigenvalue weighted by Crippen LogP contribution is 2.37. The number of ether oxygens (including phenoxy) is 3. The van der Waals surface area contributed by atoms with Crippen molar-refractivity contribution in [2.24, 2.45) is 12.8 Å². The Hall–Kier alpha value is -3.23. The Bertz CT molecular complexity index is 1140. The van der Waals surface area contributed by atoms with E-state index in [0.717, 1.165) is 25.7 Å². The van der Waals surface area contributed by atoms with Crippen LogP contribution in [0.3, 0.4) is 0 Å². The number of hydrogen-bond acceptors (Lipinski definition) is 6. The molecule has 1 aromatic heterocycles. The molecule has 180 valence electrons. The summed E-state index contributed by atoms with van der Waals surface area (Å²) < 4.78 is 19.0. The molecular formula is C25H29ClN4O4. The number of aryl methyl sites for hydroxylation is 1. The van der Waals surface area contributed by atoms with Crippen LogP contribution in [0.2, 0.25) is 5.02 Å². The van der Waals surface area contributed by atoms with Gasteiger partial charge in [0.2, 0.25) is 0 Å². The third-order valence-electron chi connectivity index (χ3n) is 5.78. The number of benzene rings is 2. The summed E-state index contributed by atoms with van der Waals surface area (Å²) in [6.45, 7) is 0.726. The summed E-state index contributed by atoms with van der Waals surface area (Å²) in [7, 11) is 3.39. The van der Waals surface area contributed by atoms with Gasteiger partial charge >= 0.3 is 0 Å². The molecule has 1 amide bonds. The van der Waals surface area contributed by atoms with E-state index in [4.69, 9.17) is 31.5 Å². The first-order chi connectivity index (χ1) is 16.5. The molecule has 1 saturated carbocycles. The third kappa shape index (κ3) is 5.29. The maximum absolute atomic E-state index is 13.1. The Morgan fingerprint density at radius 3 is 2.62 bits per heavy atom. The van der Waals surface area contributed by atoms with Gasteiger partial charge in [0, 0.05) is 30.4 Å². The first-order valence-corrected chi connectivity index (χ1v) is 11.7. The van der Waals surface area contributed by atoms with Crippen LogP contribution in [0.5, 0.6) is 17.2 Å². The first-order valence-electron chi connectivity index (χ1n) is 11.3. The summed E-state index contributed by atoms with van der Waals surface area (Å²) in [5.41, 5.74) is 8.05. The largest absolute Gasteiger partial charge is 0.493 e. The van der Waals surface area contributed by atoms with Crippen LogP contribution in [0, 0.1) is 0 Å². The molecule has 8 nitrogen and oxygen atoms in total. The number of carbonyl (C=O) groups is 1. The van der Waals surface area contributed by atoms with E-state index in [1.54, 1.807) is 55.4 Å². The standard InChI is InChI=1S/C25H29ClN4O4/c1-30-24(20(26)15-28-30)19-14-17(8-10-21(19)33-12-11-27)29-25(31)16-7-9-22(32-2)23(13-16)34-18-5-3-4-6-18/h7-10,13-15,18H,3-6,11-12,27H2,1-2H3,(H,29,31). The number of nitrogens with one attached hydrogen (secondary N) is 1. The molecule has 4 rings (SSSR count). The molecule has 2 aromatic carbocycles. The number of carbonyl (C=O) groups excluding carboxylic acids is 1. The van der Waals surface area contributed by atoms with Gasteiger partial charge in [-0.3, -0.25) is 9.48 Å². The average Bonchev–Trinajstić information content (AvgIpc) is 3.47. The quantitative estimate of drug-likeness (QED) is 0.458. The highest BCUT2D eigenvalue weighted by Gasteiger charge is 2.20. The van der Waals surface area contributed by atoms with E-state index in [-0.39, 0.29) is 12.0 Å². The normalized spacial score (nSPS) is 13.6. The molecule has 3 aromatic rings. The molecule has 0 aliphatic heterocycles. The fourth-order valence-corrected chi connectivity index (χ4v) is 4.37. The van der Waals surface area contributed by atoms with Gasteiger partial charge in [0.25, 0.3) is 5.91 Å². The Morgan fingerprint density at radius 2 is 1.94 bits per heavy atom. The Morgan fingerprint density at radius 1 is 1.18 bits per heavy atom. The number of methoxy groups -OCH3 is 1. The molecule has 34 heavy (non-hydrogen) atoms. The second-order valence-corrected chi connectivity index (χ2v) is 8.56. The highest BCUT2D eigenvalue weighted by atomic mass is 35.5. The first kappa shape index (κ1) is 23.9. The lowest BCUT2D eigenvalue weighted by Crippen LogP contribution is -2.15. The van der Waals surface area contributed by atoms with Gasteiger partial charge in [-0.15, -0.1) is 0 Å². The lowest BCUT2D eigenvalue weighted by molar-refractivity contribution is 0.102. The second kappa shape index (κ2) is 10.8. The van der Waals surface area contributed by atoms with E-state index in [9.17, 15) is 4.79 Å². The van der Waals surface area contributed by atoms with Crippen LogP contribution in [-0.2, 0) is 7.05 Å². The van der Waals surface area contributed by atoms with Crippen molar-refractivity contribution in [2.45, 2.75) is 31.8 Å². The van der Waals surface area contributed by atoms with E-state index in [1.807, 2.05) is 6.07 Å². The van der Waals surface area contributed by atoms with Crippen molar-refractivity contribution in [3.63, 3.8) is 0 Å². The number of nitrogens with two attached hydrogens (primary N) is 1. The van der Waals surface area contributed by atoms with Crippen LogP contribution >= 0.6 is 11.6 Å². The molecule has 0 spiro atoms. The minimum atomic E-state index is -0.267. The summed E-state index contributed by atoms with van der Waals surface area (Å²) in [5, 5.41) is 7.64. The lowest BCUT2D eigenvalue weighted by Gasteiger charge is -2.17. The highest BCUT2D eigenvalue weighted by molar-refractivity contribution is 6.33. The summed E-state index contributed by atoms with van der Waals surface area (Å²) in [6, 6.07) is 10.6. The Labute approximate surface area is 203 Å². The van der Waals surface area contributed by atoms with Crippen molar-refractivity contribution in [1.29, 1.82) is 0 Å². The third-order valence-corrected chi connectivity index (χ3v) is 6.06. The number of hydrogen-bond donors (Lipinski definition) is 2. The van der Waals surface area contributed by atoms with Crippen molar-refractivity contribution in [1.82, 2.24) is 9.78 Å². The number of anilines is 1. The zero-order chi connectivity index (χ0) is 24.1. The topological polar surface area (TPSA) is 101 Å². The fourth-order valence-electron chi connectivity index (χ4n) is 4.10. The molecule has 0 bridgehead atoms. The maximum Gasteiger partial charge on any atom is 0.255 e. The van der Waals surface area contributed by atoms with E-state index >= 15 is 0 Å². The molecule has 9 heteroatoms. The zero-order valence-corrected chi connectivity index (χ0v) is 20.1. The summed E-state index contributed by atoms with van der Waals surface area (Å²) in [4.78, 5) is 13.1. The number of aromatic nitrogens is 2. The van der Waals surface area contributed by atoms with E-state index < -0.39 is 0 Å². The molecule has 1 aliphatic rings. The molecule has 0 radical (unpaired) electrons. The van der Waals surface area contributed by atoms with Crippen LogP contribution < -0.4 is 25.3 Å². The van der Waals surface area contributed by atoms with Gasteiger partial charge in [0.15, 0.2) is 11.5 Å². The zero-order valence-electron chi connectivity index (χ0n) is 19.3. The van der Waals surface area contributed by atoms with Crippen molar-refractivity contribution in [3.05, 3.63) is 53.2 Å². The SMILES string of the molecule is COc1ccc(C(=O)Nc2ccc(OCCN)c(-c3c(Cl)cnn3C)c2)cc1OC1CCCC1. The van der Waals surface area contributed by atoms with E-state index in [1.165, 1.54) is 0 Å². The predicted molar refractivity (Wildman–Crippen MR) is 132 cm³/mol. The molecule has 0 unspecified atom stereocenters. The van der Waals surface area contributed by atoms with E-state index in [2.05, 4.69) is 10.4 Å². The smallest absolute Gasteiger partial charge is 0.255 e. The van der Waals surface area contributed by atoms with Gasteiger partial charge in [-0.05, 0) is 62.1 Å². The predicted octanol–water partition coefficient (Wildman–Crippen LogP) is 4.66. The molecule has 0 saturated heterocycles. The van der Waals surface area contributed by atoms with Gasteiger partial charge in [0.1, 0.15) is 12.4 Å². The van der Waals surface area contributed by atoms with Crippen molar-refractivity contribution in [2.75, 3.05) is 25.6 Å². The summed E-state index contributed by atoms with van der Waals surface area (Å²) in [6.07, 6.45) is 6.05. The Kier molecular flexibility index (Phi) is 7.59. The number of nitrogens with zero attached hydrogens (tertiary/aromatic N) is 2. The number of rotatable bonds is 9. The van der Waals surface area contributed by atoms with Crippen molar-refractivity contribution >= 4 is 23.2 Å². The minimum Gasteiger partial charge on any atom is -0.493 e. The molecule has 1 fully saturated rings. The van der Waals surface area contributed by atoms with Crippen molar-refractivity contribution < 1.29 is 19.0 Å². The van der Waals surface area contributed by atoms with Gasteiger partial charge in [0.05, 0.1) is 30.1 Å². The molecule has 3 N–H and O–H groups in total. The van der Waals surface area contributed by atoms with Crippen LogP contribution in [0.15, 0.2) is 42.6 Å². The van der Waals surface area contributed by atoms with Crippen molar-refractivity contribution in [3.8, 4) is 28.5 Å². The average molecular weight is 485 g/mol. The van der Waals surface area contributed by atoms with Crippen LogP contribution in [0.4, 0.5) is 5.69 Å². The van der Waals surface area contributed by atoms with Crippen LogP contribution in [-0.4, -0.2) is 42.1 Å². The summed E-state index contributed by atoms with van der Waals surface area (Å²) in [5.74, 6) is 1.52.